The van der Waals surface area contributed by atoms with Gasteiger partial charge in [-0.3, -0.25) is 10.2 Å². The molecule has 9 nitrogen and oxygen atoms in total. The van der Waals surface area contributed by atoms with Crippen LogP contribution >= 0.6 is 0 Å². The molecule has 30 heavy (non-hydrogen) atoms. The molecule has 2 aliphatic heterocycles. The number of nitrogens with zero attached hydrogens (tertiary/aromatic N) is 4. The third kappa shape index (κ3) is 4.25. The zero-order valence-electron chi connectivity index (χ0n) is 17.7. The summed E-state index contributed by atoms with van der Waals surface area (Å²) in [7, 11) is 0. The maximum absolute atomic E-state index is 12.0. The van der Waals surface area contributed by atoms with Gasteiger partial charge in [0.25, 0.3) is 0 Å². The average molecular weight is 412 g/mol. The summed E-state index contributed by atoms with van der Waals surface area (Å²) < 4.78 is 1.78. The maximum Gasteiger partial charge on any atom is 0.329 e. The highest BCUT2D eigenvalue weighted by Crippen LogP contribution is 2.31. The van der Waals surface area contributed by atoms with E-state index < -0.39 is 0 Å². The minimum atomic E-state index is -0.249. The summed E-state index contributed by atoms with van der Waals surface area (Å²) in [6.07, 6.45) is 2.47. The second kappa shape index (κ2) is 8.35. The largest absolute Gasteiger partial charge is 0.372 e. The van der Waals surface area contributed by atoms with Crippen molar-refractivity contribution in [1.29, 1.82) is 0 Å². The SMILES string of the molecule is CC(=O)Nc1c2c(nn1-c1ccc(N3CCCC3)cc1)CN(NC(=O)NC(C)C)C2. The van der Waals surface area contributed by atoms with E-state index in [-0.39, 0.29) is 18.0 Å². The van der Waals surface area contributed by atoms with Gasteiger partial charge in [-0.1, -0.05) is 0 Å². The molecule has 1 aromatic carbocycles. The van der Waals surface area contributed by atoms with Crippen molar-refractivity contribution in [3.63, 3.8) is 0 Å². The molecule has 160 valence electrons. The smallest absolute Gasteiger partial charge is 0.329 e. The van der Waals surface area contributed by atoms with Gasteiger partial charge in [0, 0.05) is 43.9 Å². The summed E-state index contributed by atoms with van der Waals surface area (Å²) in [5.41, 5.74) is 6.70. The molecule has 1 aromatic heterocycles. The van der Waals surface area contributed by atoms with Gasteiger partial charge in [-0.05, 0) is 51.0 Å². The predicted molar refractivity (Wildman–Crippen MR) is 115 cm³/mol. The highest BCUT2D eigenvalue weighted by Gasteiger charge is 2.29. The number of benzene rings is 1. The zero-order chi connectivity index (χ0) is 21.3. The van der Waals surface area contributed by atoms with Crippen LogP contribution in [0.15, 0.2) is 24.3 Å². The van der Waals surface area contributed by atoms with Crippen molar-refractivity contribution in [2.45, 2.75) is 52.7 Å². The second-order valence-corrected chi connectivity index (χ2v) is 8.17. The van der Waals surface area contributed by atoms with Crippen molar-refractivity contribution in [1.82, 2.24) is 25.5 Å². The van der Waals surface area contributed by atoms with E-state index in [9.17, 15) is 9.59 Å². The first-order valence-electron chi connectivity index (χ1n) is 10.5. The van der Waals surface area contributed by atoms with Crippen LogP contribution in [0.25, 0.3) is 5.69 Å². The topological polar surface area (TPSA) is 94.5 Å². The van der Waals surface area contributed by atoms with Crippen molar-refractivity contribution < 1.29 is 9.59 Å². The molecule has 3 N–H and O–H groups in total. The van der Waals surface area contributed by atoms with Crippen LogP contribution in [-0.2, 0) is 17.9 Å². The number of nitrogens with one attached hydrogen (secondary N) is 3. The summed E-state index contributed by atoms with van der Waals surface area (Å²) in [5, 5.41) is 12.3. The number of fused-ring (bicyclic) bond motifs is 1. The van der Waals surface area contributed by atoms with Gasteiger partial charge in [0.05, 0.1) is 17.9 Å². The number of hydrogen-bond acceptors (Lipinski definition) is 5. The van der Waals surface area contributed by atoms with Gasteiger partial charge in [0.15, 0.2) is 0 Å². The van der Waals surface area contributed by atoms with E-state index in [4.69, 9.17) is 5.10 Å². The minimum absolute atomic E-state index is 0.0534. The Balaban J connectivity index is 1.55. The molecule has 0 spiro atoms. The zero-order valence-corrected chi connectivity index (χ0v) is 17.7. The highest BCUT2D eigenvalue weighted by atomic mass is 16.2. The van der Waals surface area contributed by atoms with Gasteiger partial charge >= 0.3 is 6.03 Å². The van der Waals surface area contributed by atoms with Crippen LogP contribution in [0.5, 0.6) is 0 Å². The van der Waals surface area contributed by atoms with Crippen molar-refractivity contribution in [3.05, 3.63) is 35.5 Å². The summed E-state index contributed by atoms with van der Waals surface area (Å²) >= 11 is 0. The first-order chi connectivity index (χ1) is 14.4. The highest BCUT2D eigenvalue weighted by molar-refractivity contribution is 5.89. The third-order valence-corrected chi connectivity index (χ3v) is 5.30. The fourth-order valence-electron chi connectivity index (χ4n) is 4.00. The Morgan fingerprint density at radius 2 is 1.70 bits per heavy atom. The number of aromatic nitrogens is 2. The number of carbonyl (C=O) groups is 2. The summed E-state index contributed by atoms with van der Waals surface area (Å²) in [6.45, 7) is 8.45. The van der Waals surface area contributed by atoms with Crippen LogP contribution in [0.4, 0.5) is 16.3 Å². The van der Waals surface area contributed by atoms with Gasteiger partial charge < -0.3 is 15.5 Å². The Morgan fingerprint density at radius 1 is 1.03 bits per heavy atom. The monoisotopic (exact) mass is 411 g/mol. The van der Waals surface area contributed by atoms with Crippen molar-refractivity contribution in [2.24, 2.45) is 0 Å². The molecule has 0 unspecified atom stereocenters. The lowest BCUT2D eigenvalue weighted by atomic mass is 10.2. The molecule has 9 heteroatoms. The third-order valence-electron chi connectivity index (χ3n) is 5.30. The quantitative estimate of drug-likeness (QED) is 0.702. The lowest BCUT2D eigenvalue weighted by Crippen LogP contribution is -2.46. The van der Waals surface area contributed by atoms with Gasteiger partial charge in [0.1, 0.15) is 5.82 Å². The van der Waals surface area contributed by atoms with Crippen LogP contribution in [0, 0.1) is 0 Å². The van der Waals surface area contributed by atoms with E-state index >= 15 is 0 Å². The molecule has 1 saturated heterocycles. The number of hydrazine groups is 1. The number of amides is 3. The number of rotatable bonds is 5. The maximum atomic E-state index is 12.0. The van der Waals surface area contributed by atoms with E-state index in [0.29, 0.717) is 18.9 Å². The van der Waals surface area contributed by atoms with E-state index in [1.807, 2.05) is 26.0 Å². The first kappa shape index (κ1) is 20.2. The average Bonchev–Trinajstić information content (AvgIpc) is 3.39. The van der Waals surface area contributed by atoms with Gasteiger partial charge in [-0.15, -0.1) is 0 Å². The molecule has 2 aromatic rings. The number of urea groups is 1. The summed E-state index contributed by atoms with van der Waals surface area (Å²) in [5.74, 6) is 0.497. The van der Waals surface area contributed by atoms with E-state index in [0.717, 1.165) is 30.0 Å². The first-order valence-corrected chi connectivity index (χ1v) is 10.5. The number of hydrogen-bond donors (Lipinski definition) is 3. The molecule has 0 radical (unpaired) electrons. The summed E-state index contributed by atoms with van der Waals surface area (Å²) in [4.78, 5) is 26.2. The van der Waals surface area contributed by atoms with Crippen molar-refractivity contribution in [3.8, 4) is 5.69 Å². The van der Waals surface area contributed by atoms with Gasteiger partial charge in [-0.2, -0.15) is 5.10 Å². The van der Waals surface area contributed by atoms with Gasteiger partial charge in [-0.25, -0.2) is 14.5 Å². The molecule has 2 aliphatic rings. The van der Waals surface area contributed by atoms with Crippen LogP contribution < -0.4 is 21.0 Å². The second-order valence-electron chi connectivity index (χ2n) is 8.17. The number of carbonyl (C=O) groups excluding carboxylic acids is 2. The van der Waals surface area contributed by atoms with E-state index in [2.05, 4.69) is 33.1 Å². The standard InChI is InChI=1S/C21H29N7O2/c1-14(2)22-21(30)25-27-12-18-19(13-27)24-28(20(18)23-15(3)29)17-8-6-16(7-9-17)26-10-4-5-11-26/h6-9,14H,4-5,10-13H2,1-3H3,(H,23,29)(H2,22,25,30). The molecule has 0 saturated carbocycles. The Kier molecular flexibility index (Phi) is 5.63. The lowest BCUT2D eigenvalue weighted by Gasteiger charge is -2.20. The predicted octanol–water partition coefficient (Wildman–Crippen LogP) is 2.37. The molecule has 0 bridgehead atoms. The molecular formula is C21H29N7O2. The number of anilines is 2. The molecular weight excluding hydrogens is 382 g/mol. The molecule has 1 fully saturated rings. The fraction of sp³-hybridized carbons (Fsp3) is 0.476. The van der Waals surface area contributed by atoms with Gasteiger partial charge in [0.2, 0.25) is 5.91 Å². The minimum Gasteiger partial charge on any atom is -0.372 e. The molecule has 3 amide bonds. The Bertz CT molecular complexity index is 930. The lowest BCUT2D eigenvalue weighted by molar-refractivity contribution is -0.114. The van der Waals surface area contributed by atoms with Crippen molar-refractivity contribution in [2.75, 3.05) is 23.3 Å². The molecule has 3 heterocycles. The van der Waals surface area contributed by atoms with Crippen LogP contribution in [-0.4, -0.2) is 45.9 Å². The van der Waals surface area contributed by atoms with Crippen LogP contribution in [0.1, 0.15) is 44.9 Å². The molecule has 4 rings (SSSR count). The fourth-order valence-corrected chi connectivity index (χ4v) is 4.00. The Morgan fingerprint density at radius 3 is 2.33 bits per heavy atom. The van der Waals surface area contributed by atoms with Crippen LogP contribution in [0.2, 0.25) is 0 Å². The van der Waals surface area contributed by atoms with E-state index in [1.165, 1.54) is 25.5 Å². The normalized spacial score (nSPS) is 16.1. The molecule has 0 aliphatic carbocycles. The van der Waals surface area contributed by atoms with E-state index in [1.54, 1.807) is 9.69 Å². The van der Waals surface area contributed by atoms with Crippen LogP contribution in [0.3, 0.4) is 0 Å². The Hall–Kier alpha value is -3.07. The summed E-state index contributed by atoms with van der Waals surface area (Å²) in [6, 6.07) is 8.09. The Labute approximate surface area is 176 Å². The molecule has 0 atom stereocenters. The van der Waals surface area contributed by atoms with Crippen molar-refractivity contribution >= 4 is 23.4 Å².